The number of benzene rings is 1. The van der Waals surface area contributed by atoms with E-state index in [0.29, 0.717) is 10.8 Å². The van der Waals surface area contributed by atoms with Gasteiger partial charge in [0.1, 0.15) is 4.88 Å². The summed E-state index contributed by atoms with van der Waals surface area (Å²) in [5.74, 6) is 0.531. The van der Waals surface area contributed by atoms with Crippen LogP contribution in [0.4, 0.5) is 0 Å². The molecule has 3 aromatic heterocycles. The van der Waals surface area contributed by atoms with Crippen molar-refractivity contribution in [2.75, 3.05) is 20.1 Å². The molecule has 4 heterocycles. The fraction of sp³-hybridized carbons (Fsp3) is 0.387. The van der Waals surface area contributed by atoms with Gasteiger partial charge in [0, 0.05) is 47.1 Å². The first-order valence-corrected chi connectivity index (χ1v) is 14.4. The number of hydrogen-bond donors (Lipinski definition) is 1. The summed E-state index contributed by atoms with van der Waals surface area (Å²) in [7, 11) is 2.18. The molecule has 1 fully saturated rings. The van der Waals surface area contributed by atoms with Crippen molar-refractivity contribution in [3.8, 4) is 21.7 Å². The van der Waals surface area contributed by atoms with E-state index in [2.05, 4.69) is 54.2 Å². The van der Waals surface area contributed by atoms with E-state index in [1.807, 2.05) is 23.6 Å². The zero-order valence-corrected chi connectivity index (χ0v) is 23.1. The quantitative estimate of drug-likeness (QED) is 0.302. The predicted molar refractivity (Wildman–Crippen MR) is 154 cm³/mol. The molecule has 0 bridgehead atoms. The highest BCUT2D eigenvalue weighted by Crippen LogP contribution is 2.43. The summed E-state index contributed by atoms with van der Waals surface area (Å²) in [6, 6.07) is 14.4. The van der Waals surface area contributed by atoms with E-state index in [0.717, 1.165) is 64.0 Å². The lowest BCUT2D eigenvalue weighted by molar-refractivity contribution is 0.0702. The maximum atomic E-state index is 12.4. The van der Waals surface area contributed by atoms with E-state index in [-0.39, 0.29) is 0 Å². The van der Waals surface area contributed by atoms with Crippen molar-refractivity contribution in [3.05, 3.63) is 70.4 Å². The molecule has 0 saturated heterocycles. The molecule has 0 amide bonds. The smallest absolute Gasteiger partial charge is 0.346 e. The Kier molecular flexibility index (Phi) is 6.66. The van der Waals surface area contributed by atoms with Crippen LogP contribution in [0.25, 0.3) is 32.9 Å². The zero-order chi connectivity index (χ0) is 26.4. The molecule has 0 radical (unpaired) electrons. The van der Waals surface area contributed by atoms with E-state index in [1.54, 1.807) is 6.20 Å². The van der Waals surface area contributed by atoms with Crippen molar-refractivity contribution in [2.45, 2.75) is 46.0 Å². The molecule has 0 atom stereocenters. The van der Waals surface area contributed by atoms with E-state index >= 15 is 0 Å². The number of carboxylic acids is 1. The van der Waals surface area contributed by atoms with Gasteiger partial charge in [0.15, 0.2) is 5.65 Å². The Labute approximate surface area is 227 Å². The van der Waals surface area contributed by atoms with Crippen LogP contribution in [0.5, 0.6) is 0 Å². The fourth-order valence-corrected chi connectivity index (χ4v) is 7.13. The van der Waals surface area contributed by atoms with Gasteiger partial charge in [-0.1, -0.05) is 44.0 Å². The first-order chi connectivity index (χ1) is 18.4. The Morgan fingerprint density at radius 1 is 1.05 bits per heavy atom. The highest BCUT2D eigenvalue weighted by molar-refractivity contribution is 7.17. The maximum absolute atomic E-state index is 12.4. The monoisotopic (exact) mass is 526 g/mol. The summed E-state index contributed by atoms with van der Waals surface area (Å²) in [5.41, 5.74) is 8.48. The van der Waals surface area contributed by atoms with Crippen LogP contribution >= 0.6 is 11.3 Å². The molecule has 4 aromatic rings. The van der Waals surface area contributed by atoms with Crippen molar-refractivity contribution in [1.82, 2.24) is 19.5 Å². The van der Waals surface area contributed by atoms with Crippen LogP contribution in [-0.2, 0) is 0 Å². The molecule has 1 saturated carbocycles. The van der Waals surface area contributed by atoms with Crippen LogP contribution in [0, 0.1) is 18.8 Å². The topological polar surface area (TPSA) is 70.7 Å². The molecule has 7 heteroatoms. The number of aromatic carboxylic acids is 1. The standard InChI is InChI=1S/C31H34N4O2S/c1-19-4-6-21(7-5-19)26-18-34(3)15-13-24(26)25-16-28(38-30(25)31(36)37)23-10-8-22(9-11-23)27-17-29-32-14-12-20(2)35(29)33-27/h8-12,14,16-17,19,21H,4-7,13,15,18H2,1-3H3,(H,36,37). The van der Waals surface area contributed by atoms with Gasteiger partial charge in [-0.2, -0.15) is 5.10 Å². The third-order valence-corrected chi connectivity index (χ3v) is 9.52. The van der Waals surface area contributed by atoms with Crippen molar-refractivity contribution < 1.29 is 9.90 Å². The molecule has 0 unspecified atom stereocenters. The van der Waals surface area contributed by atoms with Gasteiger partial charge in [-0.15, -0.1) is 11.3 Å². The van der Waals surface area contributed by atoms with Gasteiger partial charge >= 0.3 is 5.97 Å². The zero-order valence-electron chi connectivity index (χ0n) is 22.3. The third kappa shape index (κ3) is 4.69. The lowest BCUT2D eigenvalue weighted by Crippen LogP contribution is -2.31. The summed E-state index contributed by atoms with van der Waals surface area (Å²) in [6.07, 6.45) is 7.67. The van der Waals surface area contributed by atoms with Crippen LogP contribution in [0.15, 0.2) is 54.2 Å². The van der Waals surface area contributed by atoms with Gasteiger partial charge in [0.05, 0.1) is 5.69 Å². The number of carbonyl (C=O) groups is 1. The summed E-state index contributed by atoms with van der Waals surface area (Å²) in [4.78, 5) is 20.7. The molecule has 1 aromatic carbocycles. The van der Waals surface area contributed by atoms with Crippen molar-refractivity contribution in [1.29, 1.82) is 0 Å². The van der Waals surface area contributed by atoms with E-state index in [4.69, 9.17) is 5.10 Å². The lowest BCUT2D eigenvalue weighted by atomic mass is 9.75. The lowest BCUT2D eigenvalue weighted by Gasteiger charge is -2.35. The third-order valence-electron chi connectivity index (χ3n) is 8.34. The Morgan fingerprint density at radius 2 is 1.79 bits per heavy atom. The van der Waals surface area contributed by atoms with Crippen LogP contribution in [0.2, 0.25) is 0 Å². The number of aromatic nitrogens is 3. The molecule has 2 aliphatic rings. The summed E-state index contributed by atoms with van der Waals surface area (Å²) in [6.45, 7) is 6.28. The minimum atomic E-state index is -0.830. The van der Waals surface area contributed by atoms with Crippen molar-refractivity contribution >= 4 is 28.5 Å². The molecule has 196 valence electrons. The Morgan fingerprint density at radius 3 is 2.50 bits per heavy atom. The van der Waals surface area contributed by atoms with Gasteiger partial charge in [0.25, 0.3) is 0 Å². The molecular formula is C31H34N4O2S. The second kappa shape index (κ2) is 10.1. The van der Waals surface area contributed by atoms with Crippen molar-refractivity contribution in [2.24, 2.45) is 11.8 Å². The average Bonchev–Trinajstić information content (AvgIpc) is 3.55. The van der Waals surface area contributed by atoms with Crippen LogP contribution in [-0.4, -0.2) is 50.7 Å². The molecule has 6 rings (SSSR count). The predicted octanol–water partition coefficient (Wildman–Crippen LogP) is 7.05. The van der Waals surface area contributed by atoms with Crippen LogP contribution < -0.4 is 0 Å². The van der Waals surface area contributed by atoms with Gasteiger partial charge in [-0.3, -0.25) is 0 Å². The largest absolute Gasteiger partial charge is 0.477 e. The average molecular weight is 527 g/mol. The van der Waals surface area contributed by atoms with Crippen molar-refractivity contribution in [3.63, 3.8) is 0 Å². The van der Waals surface area contributed by atoms with Gasteiger partial charge in [-0.05, 0) is 73.9 Å². The molecular weight excluding hydrogens is 492 g/mol. The normalized spacial score (nSPS) is 20.8. The number of likely N-dealkylation sites (N-methyl/N-ethyl adjacent to an activating group) is 1. The SMILES string of the molecule is Cc1ccnc2cc(-c3ccc(-c4cc(C5=C(C6CCC(C)CC6)CN(C)CC5)c(C(=O)O)s4)cc3)nn12. The highest BCUT2D eigenvalue weighted by Gasteiger charge is 2.30. The molecule has 6 nitrogen and oxygen atoms in total. The number of carboxylic acid groups (broad SMARTS) is 1. The molecule has 38 heavy (non-hydrogen) atoms. The Bertz CT molecular complexity index is 1520. The minimum absolute atomic E-state index is 0.465. The van der Waals surface area contributed by atoms with Gasteiger partial charge in [0.2, 0.25) is 0 Å². The number of rotatable bonds is 5. The second-order valence-electron chi connectivity index (χ2n) is 11.1. The number of aryl methyl sites for hydroxylation is 1. The highest BCUT2D eigenvalue weighted by atomic mass is 32.1. The van der Waals surface area contributed by atoms with Gasteiger partial charge in [-0.25, -0.2) is 14.3 Å². The Hall–Kier alpha value is -3.29. The van der Waals surface area contributed by atoms with E-state index in [1.165, 1.54) is 48.2 Å². The fourth-order valence-electron chi connectivity index (χ4n) is 6.10. The molecule has 1 aliphatic heterocycles. The molecule has 0 spiro atoms. The summed E-state index contributed by atoms with van der Waals surface area (Å²) >= 11 is 1.39. The number of hydrogen-bond acceptors (Lipinski definition) is 5. The minimum Gasteiger partial charge on any atom is -0.477 e. The van der Waals surface area contributed by atoms with Crippen LogP contribution in [0.1, 0.15) is 60.0 Å². The van der Waals surface area contributed by atoms with E-state index in [9.17, 15) is 9.90 Å². The number of fused-ring (bicyclic) bond motifs is 1. The maximum Gasteiger partial charge on any atom is 0.346 e. The Balaban J connectivity index is 1.36. The number of nitrogens with zero attached hydrogens (tertiary/aromatic N) is 4. The molecule has 1 aliphatic carbocycles. The van der Waals surface area contributed by atoms with E-state index < -0.39 is 5.97 Å². The first kappa shape index (κ1) is 25.0. The first-order valence-electron chi connectivity index (χ1n) is 13.6. The second-order valence-corrected chi connectivity index (χ2v) is 12.1. The summed E-state index contributed by atoms with van der Waals surface area (Å²) in [5, 5.41) is 14.9. The van der Waals surface area contributed by atoms with Gasteiger partial charge < -0.3 is 10.0 Å². The number of thiophene rings is 1. The molecule has 1 N–H and O–H groups in total. The van der Waals surface area contributed by atoms with Crippen LogP contribution in [0.3, 0.4) is 0 Å². The summed E-state index contributed by atoms with van der Waals surface area (Å²) < 4.78 is 1.85.